The van der Waals surface area contributed by atoms with Gasteiger partial charge >= 0.3 is 0 Å². The summed E-state index contributed by atoms with van der Waals surface area (Å²) in [6.07, 6.45) is 6.99. The van der Waals surface area contributed by atoms with Gasteiger partial charge in [-0.3, -0.25) is 4.98 Å². The Bertz CT molecular complexity index is 386. The zero-order chi connectivity index (χ0) is 13.0. The van der Waals surface area contributed by atoms with Crippen molar-refractivity contribution < 1.29 is 4.74 Å². The maximum Gasteiger partial charge on any atom is 0.234 e. The van der Waals surface area contributed by atoms with Crippen LogP contribution in [0.5, 0.6) is 5.88 Å². The van der Waals surface area contributed by atoms with Crippen LogP contribution in [-0.4, -0.2) is 28.0 Å². The van der Waals surface area contributed by atoms with E-state index < -0.39 is 0 Å². The molecule has 100 valence electrons. The molecular formula is C13H20ClN3O. The summed E-state index contributed by atoms with van der Waals surface area (Å²) < 4.78 is 5.51. The zero-order valence-electron chi connectivity index (χ0n) is 10.9. The molecule has 1 heterocycles. The van der Waals surface area contributed by atoms with Gasteiger partial charge in [0, 0.05) is 11.9 Å². The van der Waals surface area contributed by atoms with E-state index in [1.54, 1.807) is 12.4 Å². The average Bonchev–Trinajstić information content (AvgIpc) is 2.72. The van der Waals surface area contributed by atoms with Crippen LogP contribution in [0.1, 0.15) is 33.1 Å². The molecule has 1 aromatic heterocycles. The first-order valence-electron chi connectivity index (χ1n) is 6.52. The van der Waals surface area contributed by atoms with Gasteiger partial charge in [-0.15, -0.1) is 11.6 Å². The summed E-state index contributed by atoms with van der Waals surface area (Å²) in [5.41, 5.74) is 0. The van der Waals surface area contributed by atoms with E-state index in [4.69, 9.17) is 16.3 Å². The molecule has 1 saturated carbocycles. The van der Waals surface area contributed by atoms with Crippen molar-refractivity contribution in [2.45, 2.75) is 44.6 Å². The fourth-order valence-electron chi connectivity index (χ4n) is 2.19. The van der Waals surface area contributed by atoms with Gasteiger partial charge in [-0.25, -0.2) is 0 Å². The van der Waals surface area contributed by atoms with Crippen molar-refractivity contribution in [3.8, 4) is 5.88 Å². The van der Waals surface area contributed by atoms with E-state index >= 15 is 0 Å². The van der Waals surface area contributed by atoms with Gasteiger partial charge in [0.2, 0.25) is 5.88 Å². The highest BCUT2D eigenvalue weighted by Crippen LogP contribution is 2.30. The van der Waals surface area contributed by atoms with E-state index in [0.29, 0.717) is 17.2 Å². The van der Waals surface area contributed by atoms with Crippen molar-refractivity contribution in [1.29, 1.82) is 0 Å². The standard InChI is InChI=1S/C13H20ClN3O/c1-9(2)18-13-8-15-7-12(17-13)16-6-10-4-3-5-11(10)14/h7-11H,3-6H2,1-2H3,(H,16,17). The van der Waals surface area contributed by atoms with Gasteiger partial charge in [-0.05, 0) is 32.6 Å². The lowest BCUT2D eigenvalue weighted by Gasteiger charge is -2.15. The van der Waals surface area contributed by atoms with Crippen LogP contribution in [0.25, 0.3) is 0 Å². The van der Waals surface area contributed by atoms with E-state index in [1.165, 1.54) is 12.8 Å². The summed E-state index contributed by atoms with van der Waals surface area (Å²) in [4.78, 5) is 8.48. The number of nitrogens with one attached hydrogen (secondary N) is 1. The predicted octanol–water partition coefficient (Wildman–Crippen LogP) is 3.08. The topological polar surface area (TPSA) is 47.0 Å². The Morgan fingerprint density at radius 1 is 1.44 bits per heavy atom. The van der Waals surface area contributed by atoms with E-state index in [9.17, 15) is 0 Å². The maximum atomic E-state index is 6.24. The number of anilines is 1. The molecule has 18 heavy (non-hydrogen) atoms. The Kier molecular flexibility index (Phi) is 4.64. The number of aromatic nitrogens is 2. The van der Waals surface area contributed by atoms with E-state index in [2.05, 4.69) is 15.3 Å². The fourth-order valence-corrected chi connectivity index (χ4v) is 2.56. The van der Waals surface area contributed by atoms with Crippen LogP contribution in [0, 0.1) is 5.92 Å². The minimum atomic E-state index is 0.108. The number of alkyl halides is 1. The van der Waals surface area contributed by atoms with Crippen LogP contribution in [0.15, 0.2) is 12.4 Å². The number of rotatable bonds is 5. The van der Waals surface area contributed by atoms with Crippen molar-refractivity contribution >= 4 is 17.4 Å². The van der Waals surface area contributed by atoms with Gasteiger partial charge in [0.05, 0.1) is 18.5 Å². The average molecular weight is 270 g/mol. The molecule has 0 aromatic carbocycles. The second-order valence-electron chi connectivity index (χ2n) is 5.00. The molecule has 4 nitrogen and oxygen atoms in total. The third kappa shape index (κ3) is 3.73. The highest BCUT2D eigenvalue weighted by Gasteiger charge is 2.24. The van der Waals surface area contributed by atoms with Crippen molar-refractivity contribution in [3.63, 3.8) is 0 Å². The second-order valence-corrected chi connectivity index (χ2v) is 5.56. The Labute approximate surface area is 113 Å². The van der Waals surface area contributed by atoms with Gasteiger partial charge in [-0.2, -0.15) is 4.98 Å². The molecule has 0 aliphatic heterocycles. The van der Waals surface area contributed by atoms with E-state index in [1.807, 2.05) is 13.8 Å². The number of halogens is 1. The number of hydrogen-bond acceptors (Lipinski definition) is 4. The number of hydrogen-bond donors (Lipinski definition) is 1. The Morgan fingerprint density at radius 3 is 2.94 bits per heavy atom. The molecule has 0 spiro atoms. The van der Waals surface area contributed by atoms with Crippen LogP contribution in [0.2, 0.25) is 0 Å². The van der Waals surface area contributed by atoms with Crippen LogP contribution in [0.3, 0.4) is 0 Å². The minimum Gasteiger partial charge on any atom is -0.474 e. The Balaban J connectivity index is 1.88. The molecule has 1 aliphatic rings. The Hall–Kier alpha value is -1.03. The van der Waals surface area contributed by atoms with Gasteiger partial charge < -0.3 is 10.1 Å². The minimum absolute atomic E-state index is 0.108. The highest BCUT2D eigenvalue weighted by atomic mass is 35.5. The lowest BCUT2D eigenvalue weighted by atomic mass is 10.1. The third-order valence-corrected chi connectivity index (χ3v) is 3.66. The van der Waals surface area contributed by atoms with Crippen molar-refractivity contribution in [2.75, 3.05) is 11.9 Å². The molecule has 2 atom stereocenters. The van der Waals surface area contributed by atoms with Crippen molar-refractivity contribution in [1.82, 2.24) is 9.97 Å². The molecule has 0 amide bonds. The molecular weight excluding hydrogens is 250 g/mol. The predicted molar refractivity (Wildman–Crippen MR) is 73.3 cm³/mol. The zero-order valence-corrected chi connectivity index (χ0v) is 11.7. The molecule has 5 heteroatoms. The summed E-state index contributed by atoms with van der Waals surface area (Å²) >= 11 is 6.24. The molecule has 1 aliphatic carbocycles. The highest BCUT2D eigenvalue weighted by molar-refractivity contribution is 6.20. The molecule has 0 radical (unpaired) electrons. The number of ether oxygens (including phenoxy) is 1. The summed E-state index contributed by atoms with van der Waals surface area (Å²) in [7, 11) is 0. The molecule has 0 saturated heterocycles. The first kappa shape index (κ1) is 13.4. The lowest BCUT2D eigenvalue weighted by molar-refractivity contribution is 0.232. The maximum absolute atomic E-state index is 6.24. The first-order chi connectivity index (χ1) is 8.65. The lowest BCUT2D eigenvalue weighted by Crippen LogP contribution is -2.19. The summed E-state index contributed by atoms with van der Waals surface area (Å²) in [5, 5.41) is 3.58. The van der Waals surface area contributed by atoms with Gasteiger partial charge in [0.1, 0.15) is 5.82 Å². The SMILES string of the molecule is CC(C)Oc1cncc(NCC2CCCC2Cl)n1. The van der Waals surface area contributed by atoms with E-state index in [0.717, 1.165) is 18.8 Å². The van der Waals surface area contributed by atoms with Gasteiger partial charge in [-0.1, -0.05) is 6.42 Å². The normalized spacial score (nSPS) is 23.3. The smallest absolute Gasteiger partial charge is 0.234 e. The van der Waals surface area contributed by atoms with Gasteiger partial charge in [0.25, 0.3) is 0 Å². The molecule has 2 unspecified atom stereocenters. The second kappa shape index (κ2) is 6.23. The van der Waals surface area contributed by atoms with E-state index in [-0.39, 0.29) is 6.10 Å². The molecule has 1 fully saturated rings. The van der Waals surface area contributed by atoms with Crippen molar-refractivity contribution in [3.05, 3.63) is 12.4 Å². The Morgan fingerprint density at radius 2 is 2.28 bits per heavy atom. The molecule has 0 bridgehead atoms. The van der Waals surface area contributed by atoms with Crippen LogP contribution < -0.4 is 10.1 Å². The van der Waals surface area contributed by atoms with Crippen LogP contribution in [0.4, 0.5) is 5.82 Å². The summed E-state index contributed by atoms with van der Waals surface area (Å²) in [5.74, 6) is 1.84. The van der Waals surface area contributed by atoms with Crippen LogP contribution in [-0.2, 0) is 0 Å². The molecule has 1 N–H and O–H groups in total. The van der Waals surface area contributed by atoms with Crippen LogP contribution >= 0.6 is 11.6 Å². The fraction of sp³-hybridized carbons (Fsp3) is 0.692. The summed E-state index contributed by atoms with van der Waals surface area (Å²) in [6.45, 7) is 4.80. The molecule has 2 rings (SSSR count). The monoisotopic (exact) mass is 269 g/mol. The van der Waals surface area contributed by atoms with Crippen molar-refractivity contribution in [2.24, 2.45) is 5.92 Å². The first-order valence-corrected chi connectivity index (χ1v) is 6.95. The largest absolute Gasteiger partial charge is 0.474 e. The quantitative estimate of drug-likeness (QED) is 0.835. The number of nitrogens with zero attached hydrogens (tertiary/aromatic N) is 2. The summed E-state index contributed by atoms with van der Waals surface area (Å²) in [6, 6.07) is 0. The third-order valence-electron chi connectivity index (χ3n) is 3.08. The van der Waals surface area contributed by atoms with Gasteiger partial charge in [0.15, 0.2) is 0 Å². The molecule has 1 aromatic rings.